The van der Waals surface area contributed by atoms with E-state index in [9.17, 15) is 9.59 Å². The normalized spacial score (nSPS) is 10.3. The Labute approximate surface area is 120 Å². The standard InChI is InChI=1S/C14H12ClNO4/c1-9(17)19-7-10(18)8-20-13-5-4-12(15)11-3-2-6-16-14(11)13/h2-6H,7-8H2,1H3. The fourth-order valence-electron chi connectivity index (χ4n) is 1.61. The van der Waals surface area contributed by atoms with Crippen molar-refractivity contribution in [2.75, 3.05) is 13.2 Å². The monoisotopic (exact) mass is 293 g/mol. The van der Waals surface area contributed by atoms with Crippen molar-refractivity contribution in [1.82, 2.24) is 4.98 Å². The van der Waals surface area contributed by atoms with Crippen LogP contribution in [0.3, 0.4) is 0 Å². The SMILES string of the molecule is CC(=O)OCC(=O)COc1ccc(Cl)c2cccnc12. The Hall–Kier alpha value is -2.14. The zero-order valence-electron chi connectivity index (χ0n) is 10.8. The number of fused-ring (bicyclic) bond motifs is 1. The zero-order chi connectivity index (χ0) is 14.5. The highest BCUT2D eigenvalue weighted by Crippen LogP contribution is 2.29. The number of benzene rings is 1. The number of rotatable bonds is 5. The lowest BCUT2D eigenvalue weighted by Crippen LogP contribution is -2.19. The number of hydrogen-bond donors (Lipinski definition) is 0. The Morgan fingerprint density at radius 2 is 2.05 bits per heavy atom. The molecule has 1 aromatic carbocycles. The largest absolute Gasteiger partial charge is 0.483 e. The quantitative estimate of drug-likeness (QED) is 0.792. The average Bonchev–Trinajstić information content (AvgIpc) is 2.45. The molecule has 0 N–H and O–H groups in total. The molecule has 0 aliphatic heterocycles. The first-order valence-corrected chi connectivity index (χ1v) is 6.27. The topological polar surface area (TPSA) is 65.5 Å². The lowest BCUT2D eigenvalue weighted by Gasteiger charge is -2.09. The number of ether oxygens (including phenoxy) is 2. The number of Topliss-reactive ketones (excluding diaryl/α,β-unsaturated/α-hetero) is 1. The number of carbonyl (C=O) groups excluding carboxylic acids is 2. The first-order chi connectivity index (χ1) is 9.58. The molecule has 1 aromatic heterocycles. The van der Waals surface area contributed by atoms with Gasteiger partial charge in [-0.05, 0) is 24.3 Å². The van der Waals surface area contributed by atoms with E-state index in [-0.39, 0.29) is 19.0 Å². The predicted octanol–water partition coefficient (Wildman–Crippen LogP) is 2.40. The lowest BCUT2D eigenvalue weighted by molar-refractivity contribution is -0.146. The van der Waals surface area contributed by atoms with Gasteiger partial charge in [-0.25, -0.2) is 0 Å². The van der Waals surface area contributed by atoms with E-state index in [1.165, 1.54) is 6.92 Å². The molecule has 0 unspecified atom stereocenters. The summed E-state index contributed by atoms with van der Waals surface area (Å²) in [6, 6.07) is 6.91. The van der Waals surface area contributed by atoms with Crippen molar-refractivity contribution in [3.05, 3.63) is 35.5 Å². The van der Waals surface area contributed by atoms with Gasteiger partial charge < -0.3 is 9.47 Å². The number of aromatic nitrogens is 1. The number of esters is 1. The predicted molar refractivity (Wildman–Crippen MR) is 73.9 cm³/mol. The van der Waals surface area contributed by atoms with E-state index in [1.807, 2.05) is 6.07 Å². The van der Waals surface area contributed by atoms with Crippen LogP contribution in [0, 0.1) is 0 Å². The maximum absolute atomic E-state index is 11.5. The number of carbonyl (C=O) groups is 2. The lowest BCUT2D eigenvalue weighted by atomic mass is 10.2. The van der Waals surface area contributed by atoms with Crippen LogP contribution in [0.5, 0.6) is 5.75 Å². The number of ketones is 1. The fraction of sp³-hybridized carbons (Fsp3) is 0.214. The van der Waals surface area contributed by atoms with E-state index in [0.29, 0.717) is 16.3 Å². The molecule has 0 aliphatic carbocycles. The van der Waals surface area contributed by atoms with Crippen LogP contribution in [0.4, 0.5) is 0 Å². The Balaban J connectivity index is 2.09. The van der Waals surface area contributed by atoms with Gasteiger partial charge in [0.25, 0.3) is 0 Å². The summed E-state index contributed by atoms with van der Waals surface area (Å²) in [5.41, 5.74) is 0.584. The molecule has 2 rings (SSSR count). The second-order valence-corrected chi connectivity index (χ2v) is 4.46. The molecule has 20 heavy (non-hydrogen) atoms. The van der Waals surface area contributed by atoms with E-state index in [2.05, 4.69) is 9.72 Å². The highest BCUT2D eigenvalue weighted by molar-refractivity contribution is 6.35. The van der Waals surface area contributed by atoms with Crippen LogP contribution in [0.15, 0.2) is 30.5 Å². The summed E-state index contributed by atoms with van der Waals surface area (Å²) in [7, 11) is 0. The Bertz CT molecular complexity index is 657. The van der Waals surface area contributed by atoms with Crippen molar-refractivity contribution in [2.45, 2.75) is 6.92 Å². The molecule has 0 amide bonds. The molecular formula is C14H12ClNO4. The van der Waals surface area contributed by atoms with Crippen molar-refractivity contribution < 1.29 is 19.1 Å². The summed E-state index contributed by atoms with van der Waals surface area (Å²) in [5.74, 6) is -0.377. The van der Waals surface area contributed by atoms with Gasteiger partial charge in [-0.3, -0.25) is 14.6 Å². The third-order valence-corrected chi connectivity index (χ3v) is 2.83. The van der Waals surface area contributed by atoms with Gasteiger partial charge in [-0.15, -0.1) is 0 Å². The fourth-order valence-corrected chi connectivity index (χ4v) is 1.83. The van der Waals surface area contributed by atoms with Crippen LogP contribution in [-0.2, 0) is 14.3 Å². The molecule has 0 spiro atoms. The van der Waals surface area contributed by atoms with E-state index < -0.39 is 5.97 Å². The van der Waals surface area contributed by atoms with Crippen molar-refractivity contribution in [2.24, 2.45) is 0 Å². The number of nitrogens with zero attached hydrogens (tertiary/aromatic N) is 1. The second-order valence-electron chi connectivity index (χ2n) is 4.05. The van der Waals surface area contributed by atoms with E-state index in [0.717, 1.165) is 5.39 Å². The van der Waals surface area contributed by atoms with Crippen molar-refractivity contribution >= 4 is 34.3 Å². The van der Waals surface area contributed by atoms with Crippen LogP contribution in [0.1, 0.15) is 6.92 Å². The summed E-state index contributed by atoms with van der Waals surface area (Å²) >= 11 is 6.06. The van der Waals surface area contributed by atoms with Gasteiger partial charge in [0.15, 0.2) is 13.2 Å². The number of halogens is 1. The minimum Gasteiger partial charge on any atom is -0.483 e. The van der Waals surface area contributed by atoms with Crippen LogP contribution < -0.4 is 4.74 Å². The van der Waals surface area contributed by atoms with Gasteiger partial charge in [-0.1, -0.05) is 11.6 Å². The molecule has 0 saturated carbocycles. The Morgan fingerprint density at radius 3 is 2.80 bits per heavy atom. The third kappa shape index (κ3) is 3.45. The molecule has 6 heteroatoms. The van der Waals surface area contributed by atoms with Crippen molar-refractivity contribution in [3.8, 4) is 5.75 Å². The van der Waals surface area contributed by atoms with Crippen LogP contribution in [-0.4, -0.2) is 30.0 Å². The maximum Gasteiger partial charge on any atom is 0.303 e. The molecule has 0 fully saturated rings. The van der Waals surface area contributed by atoms with Crippen molar-refractivity contribution in [3.63, 3.8) is 0 Å². The van der Waals surface area contributed by atoms with Crippen LogP contribution in [0.25, 0.3) is 10.9 Å². The average molecular weight is 294 g/mol. The first kappa shape index (κ1) is 14.3. The highest BCUT2D eigenvalue weighted by Gasteiger charge is 2.10. The summed E-state index contributed by atoms with van der Waals surface area (Å²) in [4.78, 5) is 26.3. The van der Waals surface area contributed by atoms with E-state index in [1.54, 1.807) is 24.4 Å². The smallest absolute Gasteiger partial charge is 0.303 e. The van der Waals surface area contributed by atoms with E-state index in [4.69, 9.17) is 16.3 Å². The molecule has 5 nitrogen and oxygen atoms in total. The Morgan fingerprint density at radius 1 is 1.25 bits per heavy atom. The highest BCUT2D eigenvalue weighted by atomic mass is 35.5. The number of hydrogen-bond acceptors (Lipinski definition) is 5. The molecule has 2 aromatic rings. The van der Waals surface area contributed by atoms with Gasteiger partial charge >= 0.3 is 5.97 Å². The zero-order valence-corrected chi connectivity index (χ0v) is 11.5. The molecule has 0 radical (unpaired) electrons. The van der Waals surface area contributed by atoms with Gasteiger partial charge in [0.2, 0.25) is 5.78 Å². The molecular weight excluding hydrogens is 282 g/mol. The van der Waals surface area contributed by atoms with Gasteiger partial charge in [-0.2, -0.15) is 0 Å². The van der Waals surface area contributed by atoms with Gasteiger partial charge in [0, 0.05) is 18.5 Å². The summed E-state index contributed by atoms with van der Waals surface area (Å²) in [6.45, 7) is 0.750. The molecule has 0 bridgehead atoms. The van der Waals surface area contributed by atoms with Crippen LogP contribution >= 0.6 is 11.6 Å². The molecule has 1 heterocycles. The van der Waals surface area contributed by atoms with Crippen molar-refractivity contribution in [1.29, 1.82) is 0 Å². The van der Waals surface area contributed by atoms with Crippen LogP contribution in [0.2, 0.25) is 5.02 Å². The Kier molecular flexibility index (Phi) is 4.53. The second kappa shape index (κ2) is 6.34. The summed E-state index contributed by atoms with van der Waals surface area (Å²) in [6.07, 6.45) is 1.62. The minimum absolute atomic E-state index is 0.194. The third-order valence-electron chi connectivity index (χ3n) is 2.50. The summed E-state index contributed by atoms with van der Waals surface area (Å²) < 4.78 is 10.00. The molecule has 104 valence electrons. The van der Waals surface area contributed by atoms with Gasteiger partial charge in [0.05, 0.1) is 5.02 Å². The number of pyridine rings is 1. The molecule has 0 aliphatic rings. The summed E-state index contributed by atoms with van der Waals surface area (Å²) in [5, 5.41) is 1.31. The molecule has 0 saturated heterocycles. The minimum atomic E-state index is -0.503. The first-order valence-electron chi connectivity index (χ1n) is 5.89. The maximum atomic E-state index is 11.5. The molecule has 0 atom stereocenters. The van der Waals surface area contributed by atoms with E-state index >= 15 is 0 Å². The van der Waals surface area contributed by atoms with Gasteiger partial charge in [0.1, 0.15) is 11.3 Å².